The maximum atomic E-state index is 5.68. The number of hydrogen-bond donors (Lipinski definition) is 0. The van der Waals surface area contributed by atoms with Crippen LogP contribution in [0.25, 0.3) is 0 Å². The van der Waals surface area contributed by atoms with Crippen molar-refractivity contribution in [3.05, 3.63) is 23.8 Å². The van der Waals surface area contributed by atoms with Gasteiger partial charge in [0.2, 0.25) is 0 Å². The first-order valence-corrected chi connectivity index (χ1v) is 4.74. The first-order valence-electron chi connectivity index (χ1n) is 4.74. The van der Waals surface area contributed by atoms with Crippen molar-refractivity contribution in [2.45, 2.75) is 13.2 Å². The second kappa shape index (κ2) is 3.50. The van der Waals surface area contributed by atoms with Gasteiger partial charge in [0.15, 0.2) is 11.5 Å². The van der Waals surface area contributed by atoms with Crippen molar-refractivity contribution in [1.82, 2.24) is 4.90 Å². The van der Waals surface area contributed by atoms with Crippen LogP contribution in [0, 0.1) is 6.92 Å². The summed E-state index contributed by atoms with van der Waals surface area (Å²) in [5, 5.41) is 0. The smallest absolute Gasteiger partial charge is 0.254 e. The molecule has 0 fully saturated rings. The molecular formula is C11H15NO2. The molecule has 1 unspecified atom stereocenters. The number of nitrogens with zero attached hydrogens (tertiary/aromatic N) is 1. The van der Waals surface area contributed by atoms with Crippen LogP contribution in [0.15, 0.2) is 18.2 Å². The Morgan fingerprint density at radius 2 is 2.07 bits per heavy atom. The molecule has 0 aromatic heterocycles. The van der Waals surface area contributed by atoms with Crippen LogP contribution in [0.3, 0.4) is 0 Å². The number of rotatable bonds is 2. The van der Waals surface area contributed by atoms with Crippen LogP contribution in [-0.2, 0) is 0 Å². The van der Waals surface area contributed by atoms with Crippen molar-refractivity contribution >= 4 is 0 Å². The van der Waals surface area contributed by atoms with Gasteiger partial charge in [-0.1, -0.05) is 12.1 Å². The van der Waals surface area contributed by atoms with E-state index in [4.69, 9.17) is 9.47 Å². The molecule has 0 saturated carbocycles. The molecule has 1 heterocycles. The van der Waals surface area contributed by atoms with Crippen LogP contribution in [-0.4, -0.2) is 31.8 Å². The lowest BCUT2D eigenvalue weighted by atomic mass is 10.2. The van der Waals surface area contributed by atoms with E-state index in [0.29, 0.717) is 0 Å². The van der Waals surface area contributed by atoms with Crippen LogP contribution in [0.2, 0.25) is 0 Å². The van der Waals surface area contributed by atoms with Gasteiger partial charge in [0.25, 0.3) is 6.29 Å². The van der Waals surface area contributed by atoms with E-state index in [-0.39, 0.29) is 6.29 Å². The molecule has 0 saturated heterocycles. The molecule has 1 aliphatic heterocycles. The third-order valence-electron chi connectivity index (χ3n) is 2.20. The molecule has 0 aliphatic carbocycles. The fraction of sp³-hybridized carbons (Fsp3) is 0.455. The molecule has 0 radical (unpaired) electrons. The zero-order valence-corrected chi connectivity index (χ0v) is 8.78. The van der Waals surface area contributed by atoms with Gasteiger partial charge in [0.05, 0.1) is 6.54 Å². The van der Waals surface area contributed by atoms with E-state index >= 15 is 0 Å². The zero-order chi connectivity index (χ0) is 10.1. The van der Waals surface area contributed by atoms with Crippen molar-refractivity contribution < 1.29 is 9.47 Å². The maximum absolute atomic E-state index is 5.68. The van der Waals surface area contributed by atoms with Gasteiger partial charge in [-0.2, -0.15) is 0 Å². The number of para-hydroxylation sites is 1. The van der Waals surface area contributed by atoms with E-state index in [2.05, 4.69) is 0 Å². The number of aryl methyl sites for hydroxylation is 1. The summed E-state index contributed by atoms with van der Waals surface area (Å²) in [6.07, 6.45) is -0.166. The van der Waals surface area contributed by atoms with Crippen LogP contribution < -0.4 is 9.47 Å². The predicted octanol–water partition coefficient (Wildman–Crippen LogP) is 1.65. The van der Waals surface area contributed by atoms with E-state index in [0.717, 1.165) is 23.6 Å². The predicted molar refractivity (Wildman–Crippen MR) is 54.8 cm³/mol. The van der Waals surface area contributed by atoms with Crippen LogP contribution in [0.5, 0.6) is 11.5 Å². The summed E-state index contributed by atoms with van der Waals surface area (Å²) in [6, 6.07) is 5.95. The Morgan fingerprint density at radius 3 is 2.71 bits per heavy atom. The molecule has 3 heteroatoms. The average Bonchev–Trinajstić information content (AvgIpc) is 2.47. The first kappa shape index (κ1) is 9.34. The third kappa shape index (κ3) is 1.68. The summed E-state index contributed by atoms with van der Waals surface area (Å²) < 4.78 is 11.3. The standard InChI is InChI=1S/C11H15NO2/c1-8-5-4-6-9-11(8)14-10(13-9)7-12(2)3/h4-6,10H,7H2,1-3H3. The Labute approximate surface area is 84.2 Å². The molecule has 76 valence electrons. The summed E-state index contributed by atoms with van der Waals surface area (Å²) in [6.45, 7) is 2.80. The fourth-order valence-corrected chi connectivity index (χ4v) is 1.54. The van der Waals surface area contributed by atoms with Crippen LogP contribution in [0.4, 0.5) is 0 Å². The number of benzene rings is 1. The second-order valence-corrected chi connectivity index (χ2v) is 3.83. The van der Waals surface area contributed by atoms with Gasteiger partial charge in [-0.25, -0.2) is 0 Å². The van der Waals surface area contributed by atoms with Gasteiger partial charge >= 0.3 is 0 Å². The molecule has 1 atom stereocenters. The SMILES string of the molecule is Cc1cccc2c1OC(CN(C)C)O2. The van der Waals surface area contributed by atoms with E-state index in [1.807, 2.05) is 44.1 Å². The molecule has 1 aromatic rings. The normalized spacial score (nSPS) is 19.0. The highest BCUT2D eigenvalue weighted by atomic mass is 16.7. The quantitative estimate of drug-likeness (QED) is 0.713. The Balaban J connectivity index is 2.14. The molecule has 14 heavy (non-hydrogen) atoms. The number of fused-ring (bicyclic) bond motifs is 1. The number of ether oxygens (including phenoxy) is 2. The van der Waals surface area contributed by atoms with Crippen LogP contribution in [0.1, 0.15) is 5.56 Å². The minimum absolute atomic E-state index is 0.166. The molecule has 0 spiro atoms. The average molecular weight is 193 g/mol. The Morgan fingerprint density at radius 1 is 1.29 bits per heavy atom. The highest BCUT2D eigenvalue weighted by Crippen LogP contribution is 2.37. The molecule has 0 N–H and O–H groups in total. The van der Waals surface area contributed by atoms with Gasteiger partial charge in [0, 0.05) is 0 Å². The Hall–Kier alpha value is -1.22. The lowest BCUT2D eigenvalue weighted by Crippen LogP contribution is -2.32. The molecule has 0 bridgehead atoms. The lowest BCUT2D eigenvalue weighted by Gasteiger charge is -2.15. The number of likely N-dealkylation sites (N-methyl/N-ethyl adjacent to an activating group) is 1. The molecule has 1 aliphatic rings. The summed E-state index contributed by atoms with van der Waals surface area (Å²) in [5.74, 6) is 1.75. The molecule has 3 nitrogen and oxygen atoms in total. The maximum Gasteiger partial charge on any atom is 0.254 e. The molecule has 2 rings (SSSR count). The van der Waals surface area contributed by atoms with Crippen molar-refractivity contribution in [2.75, 3.05) is 20.6 Å². The van der Waals surface area contributed by atoms with Gasteiger partial charge in [-0.3, -0.25) is 0 Å². The second-order valence-electron chi connectivity index (χ2n) is 3.83. The van der Waals surface area contributed by atoms with Gasteiger partial charge in [-0.15, -0.1) is 0 Å². The van der Waals surface area contributed by atoms with E-state index in [1.165, 1.54) is 0 Å². The summed E-state index contributed by atoms with van der Waals surface area (Å²) in [5.41, 5.74) is 1.13. The van der Waals surface area contributed by atoms with Gasteiger partial charge in [0.1, 0.15) is 0 Å². The molecular weight excluding hydrogens is 178 g/mol. The fourth-order valence-electron chi connectivity index (χ4n) is 1.54. The highest BCUT2D eigenvalue weighted by Gasteiger charge is 2.25. The van der Waals surface area contributed by atoms with Crippen molar-refractivity contribution in [2.24, 2.45) is 0 Å². The summed E-state index contributed by atoms with van der Waals surface area (Å²) in [4.78, 5) is 2.05. The zero-order valence-electron chi connectivity index (χ0n) is 8.78. The minimum Gasteiger partial charge on any atom is -0.450 e. The van der Waals surface area contributed by atoms with Gasteiger partial charge in [-0.05, 0) is 32.6 Å². The Kier molecular flexibility index (Phi) is 2.33. The van der Waals surface area contributed by atoms with Crippen molar-refractivity contribution in [3.63, 3.8) is 0 Å². The topological polar surface area (TPSA) is 21.7 Å². The molecule has 0 amide bonds. The van der Waals surface area contributed by atoms with Gasteiger partial charge < -0.3 is 14.4 Å². The number of hydrogen-bond acceptors (Lipinski definition) is 3. The van der Waals surface area contributed by atoms with Crippen molar-refractivity contribution in [1.29, 1.82) is 0 Å². The van der Waals surface area contributed by atoms with Crippen LogP contribution >= 0.6 is 0 Å². The largest absolute Gasteiger partial charge is 0.450 e. The third-order valence-corrected chi connectivity index (χ3v) is 2.20. The van der Waals surface area contributed by atoms with E-state index in [1.54, 1.807) is 0 Å². The Bertz CT molecular complexity index is 336. The highest BCUT2D eigenvalue weighted by molar-refractivity contribution is 5.47. The minimum atomic E-state index is -0.166. The monoisotopic (exact) mass is 193 g/mol. The summed E-state index contributed by atoms with van der Waals surface area (Å²) >= 11 is 0. The van der Waals surface area contributed by atoms with E-state index in [9.17, 15) is 0 Å². The van der Waals surface area contributed by atoms with E-state index < -0.39 is 0 Å². The first-order chi connectivity index (χ1) is 6.66. The molecule has 1 aromatic carbocycles. The van der Waals surface area contributed by atoms with Crippen molar-refractivity contribution in [3.8, 4) is 11.5 Å². The summed E-state index contributed by atoms with van der Waals surface area (Å²) in [7, 11) is 4.01. The lowest BCUT2D eigenvalue weighted by molar-refractivity contribution is 0.0269.